The van der Waals surface area contributed by atoms with E-state index < -0.39 is 51.2 Å². The van der Waals surface area contributed by atoms with Gasteiger partial charge < -0.3 is 19.9 Å². The van der Waals surface area contributed by atoms with Gasteiger partial charge in [0.15, 0.2) is 0 Å². The standard InChI is InChI=1S/C6H6N2O2.C5H3F3N2O2.C4H3BrN2O2.C4H4N2O2/c1-2-4-3-7-6(10)8-5(4)9;6-5(7,8)2-1-9-4(12)10-3(2)11;5-2-1-6-4(9)7-3(2)8;7-3-1-2-5-4(8)6-3/h2-3H,1H2,(H2,7,8,9,10);1H,(H2,9,10,11,12);1H,(H2,6,7,8,9);1-2H,(H2,5,6,7,8). The van der Waals surface area contributed by atoms with Crippen molar-refractivity contribution >= 4 is 22.0 Å². The summed E-state index contributed by atoms with van der Waals surface area (Å²) < 4.78 is 35.8. The fourth-order valence-corrected chi connectivity index (χ4v) is 2.18. The Morgan fingerprint density at radius 1 is 0.667 bits per heavy atom. The number of halogens is 4. The molecule has 0 aliphatic carbocycles. The van der Waals surface area contributed by atoms with Gasteiger partial charge in [-0.15, -0.1) is 0 Å². The van der Waals surface area contributed by atoms with Crippen LogP contribution in [-0.2, 0) is 6.18 Å². The molecule has 20 heteroatoms. The van der Waals surface area contributed by atoms with E-state index in [1.54, 1.807) is 4.98 Å². The molecular weight excluding hydrogens is 605 g/mol. The number of aromatic nitrogens is 8. The van der Waals surface area contributed by atoms with Crippen LogP contribution in [0.15, 0.2) is 80.3 Å². The Morgan fingerprint density at radius 3 is 1.54 bits per heavy atom. The molecule has 208 valence electrons. The highest BCUT2D eigenvalue weighted by Crippen LogP contribution is 2.24. The molecule has 8 N–H and O–H groups in total. The fourth-order valence-electron chi connectivity index (χ4n) is 1.97. The molecule has 0 atom stereocenters. The van der Waals surface area contributed by atoms with Crippen molar-refractivity contribution < 1.29 is 13.2 Å². The molecule has 0 unspecified atom stereocenters. The second kappa shape index (κ2) is 14.5. The van der Waals surface area contributed by atoms with E-state index in [1.807, 2.05) is 9.97 Å². The fraction of sp³-hybridized carbons (Fsp3) is 0.0526. The Morgan fingerprint density at radius 2 is 1.15 bits per heavy atom. The molecule has 0 spiro atoms. The van der Waals surface area contributed by atoms with Gasteiger partial charge in [0.25, 0.3) is 22.2 Å². The molecule has 4 aromatic rings. The Labute approximate surface area is 217 Å². The van der Waals surface area contributed by atoms with E-state index in [2.05, 4.69) is 42.4 Å². The highest BCUT2D eigenvalue weighted by molar-refractivity contribution is 9.10. The van der Waals surface area contributed by atoms with Gasteiger partial charge in [-0.05, 0) is 15.9 Å². The van der Waals surface area contributed by atoms with Crippen molar-refractivity contribution in [2.24, 2.45) is 0 Å². The lowest BCUT2D eigenvalue weighted by Gasteiger charge is -2.02. The summed E-state index contributed by atoms with van der Waals surface area (Å²) in [6, 6.07) is 1.24. The Hall–Kier alpha value is -5.27. The third kappa shape index (κ3) is 11.6. The summed E-state index contributed by atoms with van der Waals surface area (Å²) in [5.74, 6) is 0. The number of hydrogen-bond acceptors (Lipinski definition) is 8. The van der Waals surface area contributed by atoms with Crippen LogP contribution in [0.25, 0.3) is 6.08 Å². The first-order chi connectivity index (χ1) is 18.1. The highest BCUT2D eigenvalue weighted by atomic mass is 79.9. The van der Waals surface area contributed by atoms with Gasteiger partial charge in [0, 0.05) is 30.9 Å². The minimum absolute atomic E-state index is 0.321. The number of nitrogens with one attached hydrogen (secondary N) is 8. The maximum atomic E-state index is 11.8. The number of hydrogen-bond donors (Lipinski definition) is 8. The number of aromatic amines is 8. The normalized spacial score (nSPS) is 9.95. The van der Waals surface area contributed by atoms with Crippen LogP contribution in [0.2, 0.25) is 0 Å². The second-order valence-electron chi connectivity index (χ2n) is 6.43. The minimum Gasteiger partial charge on any atom is -0.314 e. The molecule has 0 aliphatic heterocycles. The molecule has 4 aromatic heterocycles. The topological polar surface area (TPSA) is 263 Å². The molecule has 0 amide bonds. The predicted octanol–water partition coefficient (Wildman–Crippen LogP) is -1.32. The van der Waals surface area contributed by atoms with Crippen LogP contribution in [0.1, 0.15) is 11.1 Å². The monoisotopic (exact) mass is 620 g/mol. The van der Waals surface area contributed by atoms with Gasteiger partial charge in [-0.1, -0.05) is 12.7 Å². The molecule has 39 heavy (non-hydrogen) atoms. The number of rotatable bonds is 1. The van der Waals surface area contributed by atoms with E-state index in [-0.39, 0.29) is 5.56 Å². The Kier molecular flexibility index (Phi) is 11.8. The molecule has 16 nitrogen and oxygen atoms in total. The zero-order valence-electron chi connectivity index (χ0n) is 18.9. The highest BCUT2D eigenvalue weighted by Gasteiger charge is 2.34. The van der Waals surface area contributed by atoms with Crippen LogP contribution in [0.3, 0.4) is 0 Å². The van der Waals surface area contributed by atoms with Crippen LogP contribution in [0.5, 0.6) is 0 Å². The van der Waals surface area contributed by atoms with Crippen molar-refractivity contribution in [2.45, 2.75) is 6.18 Å². The Balaban J connectivity index is 0.000000263. The SMILES string of the molecule is C=Cc1c[nH]c(=O)[nH]c1=O.O=c1[nH]cc(Br)c(=O)[nH]1.O=c1[nH]cc(C(F)(F)F)c(=O)[nH]1.O=c1cc[nH]c(=O)[nH]1. The lowest BCUT2D eigenvalue weighted by molar-refractivity contribution is -0.139. The maximum Gasteiger partial charge on any atom is 0.423 e. The first-order valence-corrected chi connectivity index (χ1v) is 10.5. The largest absolute Gasteiger partial charge is 0.423 e. The molecule has 0 saturated heterocycles. The zero-order valence-corrected chi connectivity index (χ0v) is 20.5. The molecule has 0 aliphatic rings. The summed E-state index contributed by atoms with van der Waals surface area (Å²) in [5.41, 5.74) is -6.15. The van der Waals surface area contributed by atoms with Crippen LogP contribution in [-0.4, -0.2) is 39.9 Å². The summed E-state index contributed by atoms with van der Waals surface area (Å²) in [7, 11) is 0. The Bertz CT molecular complexity index is 1850. The molecule has 0 saturated carbocycles. The van der Waals surface area contributed by atoms with E-state index in [0.717, 1.165) is 0 Å². The van der Waals surface area contributed by atoms with Crippen LogP contribution >= 0.6 is 15.9 Å². The van der Waals surface area contributed by atoms with Crippen LogP contribution < -0.4 is 45.0 Å². The van der Waals surface area contributed by atoms with Crippen molar-refractivity contribution in [1.29, 1.82) is 0 Å². The van der Waals surface area contributed by atoms with Crippen molar-refractivity contribution in [1.82, 2.24) is 39.9 Å². The quantitative estimate of drug-likeness (QED) is 0.126. The summed E-state index contributed by atoms with van der Waals surface area (Å²) in [5, 5.41) is 0. The first kappa shape index (κ1) is 31.8. The average Bonchev–Trinajstić information content (AvgIpc) is 2.82. The first-order valence-electron chi connectivity index (χ1n) is 9.73. The number of alkyl halides is 3. The minimum atomic E-state index is -4.74. The van der Waals surface area contributed by atoms with E-state index in [0.29, 0.717) is 16.2 Å². The van der Waals surface area contributed by atoms with Crippen molar-refractivity contribution in [3.8, 4) is 0 Å². The number of H-pyrrole nitrogens is 8. The molecule has 0 bridgehead atoms. The van der Waals surface area contributed by atoms with Gasteiger partial charge in [-0.3, -0.25) is 39.1 Å². The van der Waals surface area contributed by atoms with Gasteiger partial charge in [0.05, 0.1) is 10.0 Å². The lowest BCUT2D eigenvalue weighted by atomic mass is 10.3. The zero-order chi connectivity index (χ0) is 29.8. The lowest BCUT2D eigenvalue weighted by Crippen LogP contribution is -2.28. The van der Waals surface area contributed by atoms with Crippen LogP contribution in [0.4, 0.5) is 13.2 Å². The van der Waals surface area contributed by atoms with Gasteiger partial charge in [-0.2, -0.15) is 13.2 Å². The molecule has 0 fully saturated rings. The third-order valence-corrected chi connectivity index (χ3v) is 4.24. The summed E-state index contributed by atoms with van der Waals surface area (Å²) >= 11 is 2.92. The smallest absolute Gasteiger partial charge is 0.314 e. The van der Waals surface area contributed by atoms with Crippen molar-refractivity contribution in [2.75, 3.05) is 0 Å². The molecule has 0 radical (unpaired) electrons. The van der Waals surface area contributed by atoms with Crippen LogP contribution in [0, 0.1) is 0 Å². The maximum absolute atomic E-state index is 11.8. The molecule has 0 aromatic carbocycles. The van der Waals surface area contributed by atoms with E-state index in [1.165, 1.54) is 35.7 Å². The third-order valence-electron chi connectivity index (χ3n) is 3.65. The average molecular weight is 621 g/mol. The molecular formula is C19H16BrF3N8O8. The van der Waals surface area contributed by atoms with Gasteiger partial charge >= 0.3 is 28.9 Å². The summed E-state index contributed by atoms with van der Waals surface area (Å²) in [6.45, 7) is 3.38. The van der Waals surface area contributed by atoms with Gasteiger partial charge in [0.2, 0.25) is 0 Å². The van der Waals surface area contributed by atoms with Gasteiger partial charge in [-0.25, -0.2) is 19.2 Å². The molecule has 4 heterocycles. The second-order valence-corrected chi connectivity index (χ2v) is 7.28. The van der Waals surface area contributed by atoms with E-state index in [4.69, 9.17) is 0 Å². The van der Waals surface area contributed by atoms with Crippen molar-refractivity contribution in [3.63, 3.8) is 0 Å². The predicted molar refractivity (Wildman–Crippen MR) is 134 cm³/mol. The summed E-state index contributed by atoms with van der Waals surface area (Å²) in [6.07, 6.45) is 0.865. The van der Waals surface area contributed by atoms with E-state index in [9.17, 15) is 51.5 Å². The van der Waals surface area contributed by atoms with Gasteiger partial charge in [0.1, 0.15) is 5.56 Å². The molecule has 4 rings (SSSR count). The van der Waals surface area contributed by atoms with Crippen molar-refractivity contribution in [3.05, 3.63) is 136 Å². The summed E-state index contributed by atoms with van der Waals surface area (Å²) in [4.78, 5) is 99.2. The van der Waals surface area contributed by atoms with E-state index >= 15 is 0 Å².